The number of benzene rings is 1. The molecule has 1 heterocycles. The van der Waals surface area contributed by atoms with Gasteiger partial charge in [-0.3, -0.25) is 33.8 Å². The minimum Gasteiger partial charge on any atom is -0.480 e. The first-order chi connectivity index (χ1) is 17.4. The second kappa shape index (κ2) is 14.2. The quantitative estimate of drug-likeness (QED) is 0.143. The lowest BCUT2D eigenvalue weighted by molar-refractivity contribution is -0.143. The first-order valence-electron chi connectivity index (χ1n) is 11.1. The Bertz CT molecular complexity index is 1170. The molecule has 0 aliphatic heterocycles. The summed E-state index contributed by atoms with van der Waals surface area (Å²) in [4.78, 5) is 51.6. The number of carbonyl (C=O) groups is 2. The van der Waals surface area contributed by atoms with Crippen LogP contribution < -0.4 is 0 Å². The third kappa shape index (κ3) is 11.0. The average molecular weight is 552 g/mol. The molecule has 2 rings (SSSR count). The van der Waals surface area contributed by atoms with E-state index in [0.29, 0.717) is 21.8 Å². The molecule has 14 heteroatoms. The van der Waals surface area contributed by atoms with Crippen molar-refractivity contribution in [3.63, 3.8) is 0 Å². The Kier molecular flexibility index (Phi) is 11.7. The number of nitrogens with zero attached hydrogens (tertiary/aromatic N) is 5. The smallest absolute Gasteiger partial charge is 0.339 e. The first kappa shape index (κ1) is 30.4. The maximum absolute atomic E-state index is 12.1. The zero-order valence-electron chi connectivity index (χ0n) is 20.5. The van der Waals surface area contributed by atoms with Crippen LogP contribution in [-0.2, 0) is 27.2 Å². The molecular formula is C23H30N5O7PS. The summed E-state index contributed by atoms with van der Waals surface area (Å²) in [6.45, 7) is 0.573. The molecule has 0 bridgehead atoms. The number of rotatable bonds is 15. The summed E-state index contributed by atoms with van der Waals surface area (Å²) < 4.78 is 11.2. The highest BCUT2D eigenvalue weighted by Gasteiger charge is 2.26. The van der Waals surface area contributed by atoms with Crippen molar-refractivity contribution in [2.45, 2.75) is 24.0 Å². The molecule has 12 nitrogen and oxygen atoms in total. The predicted octanol–water partition coefficient (Wildman–Crippen LogP) is 1.87. The van der Waals surface area contributed by atoms with E-state index < -0.39 is 31.9 Å². The first-order valence-corrected chi connectivity index (χ1v) is 13.7. The average Bonchev–Trinajstić information content (AvgIpc) is 2.76. The van der Waals surface area contributed by atoms with Crippen molar-refractivity contribution in [2.75, 3.05) is 40.0 Å². The maximum Gasteiger partial charge on any atom is 0.339 e. The van der Waals surface area contributed by atoms with Crippen LogP contribution in [0.4, 0.5) is 0 Å². The maximum atomic E-state index is 12.1. The van der Waals surface area contributed by atoms with Crippen LogP contribution >= 0.6 is 19.4 Å². The van der Waals surface area contributed by atoms with Gasteiger partial charge in [0.05, 0.1) is 17.9 Å². The number of nitriles is 1. The van der Waals surface area contributed by atoms with Gasteiger partial charge >= 0.3 is 19.5 Å². The standard InChI is InChI=1S/C23H30N5O7PS/c1-26(16-36(33,34)35)12-18-6-4-7-19(25-18)13-28(14-21(29)30)10-9-27(2)22(23(31)32)17-5-3-8-20(11-17)37-15-24/h3-8,11,22H,9-10,12-14,16H2,1-2H3,(H,29,30)(H,31,32)(H2,33,34,35). The number of pyridine rings is 1. The summed E-state index contributed by atoms with van der Waals surface area (Å²) in [5.41, 5.74) is 1.65. The Balaban J connectivity index is 2.11. The SMILES string of the molecule is CN(Cc1cccc(CN(CCN(C)C(C(=O)O)c2cccc(SC#N)c2)CC(=O)O)n1)CP(=O)(O)O. The highest BCUT2D eigenvalue weighted by molar-refractivity contribution is 8.03. The van der Waals surface area contributed by atoms with Crippen LogP contribution in [0.5, 0.6) is 0 Å². The van der Waals surface area contributed by atoms with E-state index in [1.807, 2.05) is 5.40 Å². The number of carboxylic acids is 2. The number of thiocyanates is 1. The molecule has 1 atom stereocenters. The van der Waals surface area contributed by atoms with Crippen molar-refractivity contribution in [3.8, 4) is 5.40 Å². The normalized spacial score (nSPS) is 12.6. The molecule has 1 unspecified atom stereocenters. The number of thioether (sulfide) groups is 1. The molecule has 0 spiro atoms. The van der Waals surface area contributed by atoms with Crippen LogP contribution in [0.25, 0.3) is 0 Å². The summed E-state index contributed by atoms with van der Waals surface area (Å²) in [5.74, 6) is -2.11. The Morgan fingerprint density at radius 1 is 1.08 bits per heavy atom. The molecule has 200 valence electrons. The fourth-order valence-electron chi connectivity index (χ4n) is 3.80. The highest BCUT2D eigenvalue weighted by atomic mass is 32.2. The molecule has 1 aromatic carbocycles. The molecule has 0 radical (unpaired) electrons. The number of hydrogen-bond donors (Lipinski definition) is 4. The van der Waals surface area contributed by atoms with Crippen LogP contribution in [0.3, 0.4) is 0 Å². The number of hydrogen-bond acceptors (Lipinski definition) is 9. The van der Waals surface area contributed by atoms with E-state index >= 15 is 0 Å². The van der Waals surface area contributed by atoms with E-state index in [0.717, 1.165) is 11.8 Å². The van der Waals surface area contributed by atoms with Crippen LogP contribution in [0.15, 0.2) is 47.4 Å². The molecule has 37 heavy (non-hydrogen) atoms. The molecule has 0 saturated carbocycles. The van der Waals surface area contributed by atoms with Crippen molar-refractivity contribution in [2.24, 2.45) is 0 Å². The van der Waals surface area contributed by atoms with Gasteiger partial charge in [0.25, 0.3) is 0 Å². The second-order valence-corrected chi connectivity index (χ2v) is 11.0. The molecular weight excluding hydrogens is 521 g/mol. The van der Waals surface area contributed by atoms with E-state index in [9.17, 15) is 24.4 Å². The lowest BCUT2D eigenvalue weighted by Gasteiger charge is -2.28. The number of likely N-dealkylation sites (N-methyl/N-ethyl adjacent to an activating group) is 1. The third-order valence-electron chi connectivity index (χ3n) is 5.25. The third-order valence-corrected chi connectivity index (χ3v) is 6.68. The van der Waals surface area contributed by atoms with Gasteiger partial charge in [-0.2, -0.15) is 5.26 Å². The Labute approximate surface area is 219 Å². The van der Waals surface area contributed by atoms with Gasteiger partial charge in [-0.15, -0.1) is 0 Å². The zero-order valence-corrected chi connectivity index (χ0v) is 22.2. The van der Waals surface area contributed by atoms with Crippen molar-refractivity contribution < 1.29 is 34.2 Å². The number of aliphatic carboxylic acids is 2. The Morgan fingerprint density at radius 3 is 2.32 bits per heavy atom. The fourth-order valence-corrected chi connectivity index (χ4v) is 4.97. The van der Waals surface area contributed by atoms with Crippen molar-refractivity contribution in [3.05, 3.63) is 59.4 Å². The minimum absolute atomic E-state index is 0.183. The Hall–Kier alpha value is -2.82. The molecule has 0 fully saturated rings. The molecule has 0 saturated heterocycles. The van der Waals surface area contributed by atoms with Gasteiger partial charge in [-0.05, 0) is 55.7 Å². The van der Waals surface area contributed by atoms with Gasteiger partial charge in [0.1, 0.15) is 17.7 Å². The molecule has 4 N–H and O–H groups in total. The van der Waals surface area contributed by atoms with Crippen molar-refractivity contribution in [1.29, 1.82) is 5.26 Å². The second-order valence-electron chi connectivity index (χ2n) is 8.53. The van der Waals surface area contributed by atoms with Gasteiger partial charge in [0.2, 0.25) is 0 Å². The monoisotopic (exact) mass is 551 g/mol. The molecule has 2 aromatic rings. The molecule has 0 aliphatic rings. The van der Waals surface area contributed by atoms with Crippen LogP contribution in [0.1, 0.15) is 23.0 Å². The zero-order chi connectivity index (χ0) is 27.6. The van der Waals surface area contributed by atoms with E-state index in [1.165, 1.54) is 4.90 Å². The summed E-state index contributed by atoms with van der Waals surface area (Å²) >= 11 is 0.936. The van der Waals surface area contributed by atoms with Gasteiger partial charge in [-0.1, -0.05) is 18.2 Å². The summed E-state index contributed by atoms with van der Waals surface area (Å²) in [7, 11) is -1.01. The van der Waals surface area contributed by atoms with Gasteiger partial charge in [0, 0.05) is 31.1 Å². The van der Waals surface area contributed by atoms with Gasteiger partial charge < -0.3 is 20.0 Å². The largest absolute Gasteiger partial charge is 0.480 e. The predicted molar refractivity (Wildman–Crippen MR) is 136 cm³/mol. The molecule has 0 amide bonds. The van der Waals surface area contributed by atoms with E-state index in [1.54, 1.807) is 66.4 Å². The summed E-state index contributed by atoms with van der Waals surface area (Å²) in [5, 5.41) is 30.1. The molecule has 1 aromatic heterocycles. The van der Waals surface area contributed by atoms with Crippen molar-refractivity contribution >= 4 is 31.3 Å². The summed E-state index contributed by atoms with van der Waals surface area (Å²) in [6.07, 6.45) is -0.417. The minimum atomic E-state index is -4.21. The van der Waals surface area contributed by atoms with Crippen LogP contribution in [-0.4, -0.2) is 91.6 Å². The van der Waals surface area contributed by atoms with E-state index in [2.05, 4.69) is 4.98 Å². The van der Waals surface area contributed by atoms with Gasteiger partial charge in [0.15, 0.2) is 0 Å². The van der Waals surface area contributed by atoms with Crippen molar-refractivity contribution in [1.82, 2.24) is 19.7 Å². The lowest BCUT2D eigenvalue weighted by Crippen LogP contribution is -2.39. The van der Waals surface area contributed by atoms with E-state index in [-0.39, 0.29) is 32.7 Å². The Morgan fingerprint density at radius 2 is 1.73 bits per heavy atom. The molecule has 0 aliphatic carbocycles. The van der Waals surface area contributed by atoms with Gasteiger partial charge in [-0.25, -0.2) is 0 Å². The number of carboxylic acid groups (broad SMARTS) is 2. The number of aromatic nitrogens is 1. The highest BCUT2D eigenvalue weighted by Crippen LogP contribution is 2.34. The van der Waals surface area contributed by atoms with E-state index in [4.69, 9.17) is 15.0 Å². The fraction of sp³-hybridized carbons (Fsp3) is 0.391. The van der Waals surface area contributed by atoms with Crippen LogP contribution in [0.2, 0.25) is 0 Å². The summed E-state index contributed by atoms with van der Waals surface area (Å²) in [6, 6.07) is 10.9. The lowest BCUT2D eigenvalue weighted by atomic mass is 10.1. The topological polar surface area (TPSA) is 179 Å². The van der Waals surface area contributed by atoms with Crippen LogP contribution in [0, 0.1) is 10.7 Å².